The van der Waals surface area contributed by atoms with Crippen LogP contribution in [0, 0.1) is 23.7 Å². The molecule has 0 aromatic carbocycles. The van der Waals surface area contributed by atoms with E-state index in [1.165, 1.54) is 24.2 Å². The molecular weight excluding hydrogens is 332 g/mol. The van der Waals surface area contributed by atoms with Crippen LogP contribution in [-0.4, -0.2) is 48.4 Å². The van der Waals surface area contributed by atoms with Gasteiger partial charge in [0.1, 0.15) is 6.54 Å². The van der Waals surface area contributed by atoms with Crippen molar-refractivity contribution in [2.45, 2.75) is 51.0 Å². The van der Waals surface area contributed by atoms with Gasteiger partial charge in [0, 0.05) is 13.2 Å². The largest absolute Gasteiger partial charge is 0.378 e. The Kier molecular flexibility index (Phi) is 5.11. The maximum atomic E-state index is 12.5. The number of amides is 3. The zero-order chi connectivity index (χ0) is 18.1. The third-order valence-electron chi connectivity index (χ3n) is 6.41. The molecule has 142 valence electrons. The lowest BCUT2D eigenvalue weighted by Gasteiger charge is -2.22. The Morgan fingerprint density at radius 1 is 1.08 bits per heavy atom. The van der Waals surface area contributed by atoms with Crippen LogP contribution < -0.4 is 5.32 Å². The number of fused-ring (bicyclic) bond motifs is 5. The molecule has 4 aliphatic rings. The number of carbonyl (C=O) groups excluding carboxylic acids is 3. The van der Waals surface area contributed by atoms with Crippen LogP contribution in [0.2, 0.25) is 0 Å². The number of likely N-dealkylation sites (tertiary alicyclic amines) is 1. The second-order valence-electron chi connectivity index (χ2n) is 8.10. The molecule has 1 heterocycles. The average Bonchev–Trinajstić information content (AvgIpc) is 3.32. The molecule has 1 aliphatic heterocycles. The zero-order valence-electron chi connectivity index (χ0n) is 15.2. The van der Waals surface area contributed by atoms with Crippen LogP contribution in [0.5, 0.6) is 0 Å². The molecule has 4 unspecified atom stereocenters. The Morgan fingerprint density at radius 2 is 1.73 bits per heavy atom. The number of nitrogens with zero attached hydrogens (tertiary/aromatic N) is 1. The van der Waals surface area contributed by atoms with E-state index in [2.05, 4.69) is 17.5 Å². The van der Waals surface area contributed by atoms with Gasteiger partial charge in [-0.05, 0) is 37.5 Å². The van der Waals surface area contributed by atoms with Gasteiger partial charge in [-0.1, -0.05) is 31.4 Å². The van der Waals surface area contributed by atoms with Crippen molar-refractivity contribution in [3.8, 4) is 0 Å². The molecule has 1 saturated heterocycles. The molecule has 3 amide bonds. The number of allylic oxidation sites excluding steroid dienone is 2. The Balaban J connectivity index is 1.17. The quantitative estimate of drug-likeness (QED) is 0.425. The molecule has 4 atom stereocenters. The molecule has 0 aromatic rings. The van der Waals surface area contributed by atoms with E-state index >= 15 is 0 Å². The molecule has 6 nitrogen and oxygen atoms in total. The topological polar surface area (TPSA) is 75.7 Å². The standard InChI is InChI=1S/C20H28N2O4/c23-16(21-9-4-10-26-15-5-2-1-3-6-15)12-22-19(24)17-13-7-8-14(11-13)18(17)20(22)25/h7-8,13-15,17-18H,1-6,9-12H2,(H,21,23). The highest BCUT2D eigenvalue weighted by Gasteiger charge is 2.59. The normalized spacial score (nSPS) is 33.2. The molecule has 2 saturated carbocycles. The third kappa shape index (κ3) is 3.31. The summed E-state index contributed by atoms with van der Waals surface area (Å²) in [6, 6.07) is 0. The summed E-state index contributed by atoms with van der Waals surface area (Å²) in [5.41, 5.74) is 0. The minimum absolute atomic E-state index is 0.145. The summed E-state index contributed by atoms with van der Waals surface area (Å²) in [4.78, 5) is 38.4. The van der Waals surface area contributed by atoms with E-state index in [1.807, 2.05) is 0 Å². The monoisotopic (exact) mass is 360 g/mol. The van der Waals surface area contributed by atoms with Crippen molar-refractivity contribution in [1.29, 1.82) is 0 Å². The number of ether oxygens (including phenoxy) is 1. The summed E-state index contributed by atoms with van der Waals surface area (Å²) in [7, 11) is 0. The number of imide groups is 1. The average molecular weight is 360 g/mol. The molecule has 4 rings (SSSR count). The van der Waals surface area contributed by atoms with Crippen LogP contribution in [0.15, 0.2) is 12.2 Å². The molecule has 3 aliphatic carbocycles. The van der Waals surface area contributed by atoms with E-state index in [0.717, 1.165) is 25.7 Å². The van der Waals surface area contributed by atoms with Crippen molar-refractivity contribution in [1.82, 2.24) is 10.2 Å². The van der Waals surface area contributed by atoms with E-state index in [1.54, 1.807) is 0 Å². The molecule has 1 N–H and O–H groups in total. The van der Waals surface area contributed by atoms with E-state index < -0.39 is 0 Å². The summed E-state index contributed by atoms with van der Waals surface area (Å²) in [5, 5.41) is 2.81. The first kappa shape index (κ1) is 17.7. The molecular formula is C20H28N2O4. The highest BCUT2D eigenvalue weighted by molar-refractivity contribution is 6.08. The third-order valence-corrected chi connectivity index (χ3v) is 6.41. The van der Waals surface area contributed by atoms with Crippen molar-refractivity contribution >= 4 is 17.7 Å². The Hall–Kier alpha value is -1.69. The van der Waals surface area contributed by atoms with Gasteiger partial charge in [-0.3, -0.25) is 19.3 Å². The summed E-state index contributed by atoms with van der Waals surface area (Å²) >= 11 is 0. The second kappa shape index (κ2) is 7.51. The maximum absolute atomic E-state index is 12.5. The Morgan fingerprint density at radius 3 is 2.38 bits per heavy atom. The van der Waals surface area contributed by atoms with E-state index in [4.69, 9.17) is 4.74 Å². The lowest BCUT2D eigenvalue weighted by atomic mass is 9.85. The molecule has 0 spiro atoms. The van der Waals surface area contributed by atoms with Crippen LogP contribution in [0.4, 0.5) is 0 Å². The van der Waals surface area contributed by atoms with Crippen molar-refractivity contribution in [2.75, 3.05) is 19.7 Å². The van der Waals surface area contributed by atoms with E-state index in [-0.39, 0.29) is 47.9 Å². The molecule has 0 radical (unpaired) electrons. The van der Waals surface area contributed by atoms with E-state index in [0.29, 0.717) is 19.3 Å². The Labute approximate surface area is 154 Å². The maximum Gasteiger partial charge on any atom is 0.240 e. The summed E-state index contributed by atoms with van der Waals surface area (Å²) in [6.07, 6.45) is 12.3. The van der Waals surface area contributed by atoms with Gasteiger partial charge < -0.3 is 10.1 Å². The minimum Gasteiger partial charge on any atom is -0.378 e. The highest BCUT2D eigenvalue weighted by Crippen LogP contribution is 2.52. The predicted molar refractivity (Wildman–Crippen MR) is 94.9 cm³/mol. The lowest BCUT2D eigenvalue weighted by molar-refractivity contribution is -0.144. The molecule has 2 bridgehead atoms. The van der Waals surface area contributed by atoms with E-state index in [9.17, 15) is 14.4 Å². The summed E-state index contributed by atoms with van der Waals surface area (Å²) in [6.45, 7) is 1.01. The second-order valence-corrected chi connectivity index (χ2v) is 8.10. The van der Waals surface area contributed by atoms with Gasteiger partial charge in [0.2, 0.25) is 17.7 Å². The Bertz CT molecular complexity index is 581. The van der Waals surface area contributed by atoms with Crippen molar-refractivity contribution in [3.63, 3.8) is 0 Å². The van der Waals surface area contributed by atoms with Gasteiger partial charge in [-0.2, -0.15) is 0 Å². The number of hydrogen-bond donors (Lipinski definition) is 1. The predicted octanol–water partition coefficient (Wildman–Crippen LogP) is 1.65. The highest BCUT2D eigenvalue weighted by atomic mass is 16.5. The van der Waals surface area contributed by atoms with Gasteiger partial charge in [0.05, 0.1) is 17.9 Å². The van der Waals surface area contributed by atoms with Gasteiger partial charge in [0.25, 0.3) is 0 Å². The summed E-state index contributed by atoms with van der Waals surface area (Å²) < 4.78 is 5.84. The number of carbonyl (C=O) groups is 3. The van der Waals surface area contributed by atoms with Gasteiger partial charge in [0.15, 0.2) is 0 Å². The van der Waals surface area contributed by atoms with Crippen molar-refractivity contribution < 1.29 is 19.1 Å². The fourth-order valence-corrected chi connectivity index (χ4v) is 5.10. The number of nitrogens with one attached hydrogen (secondary N) is 1. The van der Waals surface area contributed by atoms with Gasteiger partial charge >= 0.3 is 0 Å². The fourth-order valence-electron chi connectivity index (χ4n) is 5.10. The van der Waals surface area contributed by atoms with Crippen LogP contribution in [-0.2, 0) is 19.1 Å². The van der Waals surface area contributed by atoms with Crippen molar-refractivity contribution in [3.05, 3.63) is 12.2 Å². The molecule has 0 aromatic heterocycles. The first-order valence-electron chi connectivity index (χ1n) is 10.1. The van der Waals surface area contributed by atoms with Gasteiger partial charge in [-0.25, -0.2) is 0 Å². The fraction of sp³-hybridized carbons (Fsp3) is 0.750. The first-order chi connectivity index (χ1) is 12.6. The molecule has 6 heteroatoms. The minimum atomic E-state index is -0.260. The van der Waals surface area contributed by atoms with Crippen LogP contribution >= 0.6 is 0 Å². The van der Waals surface area contributed by atoms with Gasteiger partial charge in [-0.15, -0.1) is 0 Å². The summed E-state index contributed by atoms with van der Waals surface area (Å²) in [5.74, 6) is -0.661. The SMILES string of the molecule is O=C(CN1C(=O)C2C3C=CC(C3)C2C1=O)NCCCOC1CCCCC1. The lowest BCUT2D eigenvalue weighted by Crippen LogP contribution is -2.42. The van der Waals surface area contributed by atoms with Crippen LogP contribution in [0.1, 0.15) is 44.9 Å². The van der Waals surface area contributed by atoms with Crippen LogP contribution in [0.25, 0.3) is 0 Å². The molecule has 3 fully saturated rings. The van der Waals surface area contributed by atoms with Crippen molar-refractivity contribution in [2.24, 2.45) is 23.7 Å². The number of rotatable bonds is 7. The molecule has 26 heavy (non-hydrogen) atoms. The smallest absolute Gasteiger partial charge is 0.240 e. The first-order valence-corrected chi connectivity index (χ1v) is 10.1. The van der Waals surface area contributed by atoms with Crippen LogP contribution in [0.3, 0.4) is 0 Å². The zero-order valence-corrected chi connectivity index (χ0v) is 15.2. The number of hydrogen-bond acceptors (Lipinski definition) is 4.